The van der Waals surface area contributed by atoms with Crippen LogP contribution in [0.3, 0.4) is 0 Å². The van der Waals surface area contributed by atoms with Crippen molar-refractivity contribution in [1.29, 1.82) is 0 Å². The molecule has 0 aliphatic rings. The van der Waals surface area contributed by atoms with Gasteiger partial charge in [-0.2, -0.15) is 0 Å². The van der Waals surface area contributed by atoms with E-state index in [1.807, 2.05) is 30.3 Å². The van der Waals surface area contributed by atoms with Gasteiger partial charge >= 0.3 is 5.97 Å². The third-order valence-corrected chi connectivity index (χ3v) is 4.39. The van der Waals surface area contributed by atoms with E-state index in [0.29, 0.717) is 32.2 Å². The lowest BCUT2D eigenvalue weighted by molar-refractivity contribution is -0.141. The maximum atomic E-state index is 12.5. The maximum Gasteiger partial charge on any atom is 0.325 e. The molecule has 0 heterocycles. The fourth-order valence-corrected chi connectivity index (χ4v) is 2.65. The molecule has 8 N–H and O–H groups in total. The number of carbonyl (C=O) groups excluding carboxylic acids is 3. The summed E-state index contributed by atoms with van der Waals surface area (Å²) in [7, 11) is 0. The van der Waals surface area contributed by atoms with E-state index in [9.17, 15) is 19.2 Å². The van der Waals surface area contributed by atoms with Crippen LogP contribution in [-0.2, 0) is 25.6 Å². The van der Waals surface area contributed by atoms with Gasteiger partial charge in [0.1, 0.15) is 12.1 Å². The number of unbranched alkanes of at least 4 members (excludes halogenated alkanes) is 1. The summed E-state index contributed by atoms with van der Waals surface area (Å²) in [5, 5.41) is 16.1. The van der Waals surface area contributed by atoms with Crippen molar-refractivity contribution in [2.24, 2.45) is 11.5 Å². The Hall–Kier alpha value is -2.98. The molecule has 166 valence electrons. The van der Waals surface area contributed by atoms with Crippen molar-refractivity contribution in [1.82, 2.24) is 16.0 Å². The molecule has 3 atom stereocenters. The normalized spacial score (nSPS) is 13.6. The van der Waals surface area contributed by atoms with Gasteiger partial charge in [0.2, 0.25) is 17.7 Å². The van der Waals surface area contributed by atoms with Crippen LogP contribution in [-0.4, -0.2) is 60.0 Å². The van der Waals surface area contributed by atoms with Crippen LogP contribution < -0.4 is 27.4 Å². The molecule has 30 heavy (non-hydrogen) atoms. The second kappa shape index (κ2) is 13.3. The van der Waals surface area contributed by atoms with Gasteiger partial charge in [-0.05, 0) is 44.7 Å². The molecule has 0 aliphatic heterocycles. The standard InChI is InChI=1S/C20H31N5O5/c1-13(20(29)30)24-17(26)12-23-19(28)16(9-5-6-10-21)25-18(27)15(22)11-14-7-3-2-4-8-14/h2-4,7-8,13,15-16H,5-6,9-12,21-22H2,1H3,(H,23,28)(H,24,26)(H,25,27)(H,29,30). The zero-order valence-corrected chi connectivity index (χ0v) is 17.1. The second-order valence-corrected chi connectivity index (χ2v) is 6.99. The molecule has 0 spiro atoms. The van der Waals surface area contributed by atoms with Gasteiger partial charge < -0.3 is 32.5 Å². The number of aliphatic carboxylic acids is 1. The zero-order chi connectivity index (χ0) is 22.5. The molecule has 0 radical (unpaired) electrons. The SMILES string of the molecule is CC(NC(=O)CNC(=O)C(CCCCN)NC(=O)C(N)Cc1ccccc1)C(=O)O. The van der Waals surface area contributed by atoms with Crippen LogP contribution in [0, 0.1) is 0 Å². The maximum absolute atomic E-state index is 12.5. The summed E-state index contributed by atoms with van der Waals surface area (Å²) < 4.78 is 0. The van der Waals surface area contributed by atoms with Crippen LogP contribution in [0.1, 0.15) is 31.7 Å². The van der Waals surface area contributed by atoms with Gasteiger partial charge in [-0.25, -0.2) is 0 Å². The van der Waals surface area contributed by atoms with Crippen LogP contribution >= 0.6 is 0 Å². The minimum Gasteiger partial charge on any atom is -0.480 e. The number of nitrogens with one attached hydrogen (secondary N) is 3. The molecule has 3 amide bonds. The number of benzene rings is 1. The van der Waals surface area contributed by atoms with Crippen LogP contribution in [0.5, 0.6) is 0 Å². The molecule has 1 rings (SSSR count). The van der Waals surface area contributed by atoms with Gasteiger partial charge in [0, 0.05) is 0 Å². The van der Waals surface area contributed by atoms with Crippen LogP contribution in [0.4, 0.5) is 0 Å². The summed E-state index contributed by atoms with van der Waals surface area (Å²) in [6.07, 6.45) is 1.93. The Morgan fingerprint density at radius 1 is 1.03 bits per heavy atom. The Balaban J connectivity index is 2.63. The van der Waals surface area contributed by atoms with E-state index in [1.54, 1.807) is 0 Å². The average Bonchev–Trinajstić information content (AvgIpc) is 2.71. The first-order chi connectivity index (χ1) is 14.2. The molecule has 0 bridgehead atoms. The topological polar surface area (TPSA) is 177 Å². The molecule has 10 heteroatoms. The number of hydrogen-bond donors (Lipinski definition) is 6. The third kappa shape index (κ3) is 9.48. The van der Waals surface area contributed by atoms with Crippen LogP contribution in [0.15, 0.2) is 30.3 Å². The summed E-state index contributed by atoms with van der Waals surface area (Å²) in [5.74, 6) is -2.86. The van der Waals surface area contributed by atoms with E-state index in [1.165, 1.54) is 6.92 Å². The van der Waals surface area contributed by atoms with Gasteiger partial charge in [0.15, 0.2) is 0 Å². The molecule has 1 aromatic rings. The van der Waals surface area contributed by atoms with E-state index < -0.39 is 48.4 Å². The highest BCUT2D eigenvalue weighted by molar-refractivity contribution is 5.92. The predicted molar refractivity (Wildman–Crippen MR) is 111 cm³/mol. The monoisotopic (exact) mass is 421 g/mol. The summed E-state index contributed by atoms with van der Waals surface area (Å²) >= 11 is 0. The third-order valence-electron chi connectivity index (χ3n) is 4.39. The molecule has 0 aromatic heterocycles. The second-order valence-electron chi connectivity index (χ2n) is 6.99. The molecule has 1 aromatic carbocycles. The van der Waals surface area contributed by atoms with Crippen LogP contribution in [0.2, 0.25) is 0 Å². The van der Waals surface area contributed by atoms with Crippen LogP contribution in [0.25, 0.3) is 0 Å². The van der Waals surface area contributed by atoms with Crippen molar-refractivity contribution in [2.45, 2.75) is 50.7 Å². The van der Waals surface area contributed by atoms with Crippen molar-refractivity contribution in [2.75, 3.05) is 13.1 Å². The Morgan fingerprint density at radius 2 is 1.70 bits per heavy atom. The number of nitrogens with two attached hydrogens (primary N) is 2. The lowest BCUT2D eigenvalue weighted by Crippen LogP contribution is -2.53. The van der Waals surface area contributed by atoms with Gasteiger partial charge in [0.25, 0.3) is 0 Å². The van der Waals surface area contributed by atoms with E-state index >= 15 is 0 Å². The lowest BCUT2D eigenvalue weighted by Gasteiger charge is -2.21. The Kier molecular flexibility index (Phi) is 11.1. The van der Waals surface area contributed by atoms with E-state index in [4.69, 9.17) is 16.6 Å². The van der Waals surface area contributed by atoms with Gasteiger partial charge in [-0.15, -0.1) is 0 Å². The highest BCUT2D eigenvalue weighted by Crippen LogP contribution is 2.05. The molecular weight excluding hydrogens is 390 g/mol. The average molecular weight is 421 g/mol. The summed E-state index contributed by atoms with van der Waals surface area (Å²) in [6.45, 7) is 1.35. The van der Waals surface area contributed by atoms with Crippen molar-refractivity contribution in [3.8, 4) is 0 Å². The Morgan fingerprint density at radius 3 is 2.30 bits per heavy atom. The molecule has 3 unspecified atom stereocenters. The number of amides is 3. The van der Waals surface area contributed by atoms with Gasteiger partial charge in [-0.3, -0.25) is 19.2 Å². The quantitative estimate of drug-likeness (QED) is 0.218. The van der Waals surface area contributed by atoms with Gasteiger partial charge in [-0.1, -0.05) is 30.3 Å². The zero-order valence-electron chi connectivity index (χ0n) is 17.1. The highest BCUT2D eigenvalue weighted by Gasteiger charge is 2.24. The minimum absolute atomic E-state index is 0.319. The largest absolute Gasteiger partial charge is 0.480 e. The summed E-state index contributed by atoms with van der Waals surface area (Å²) in [5.41, 5.74) is 12.4. The van der Waals surface area contributed by atoms with E-state index in [-0.39, 0.29) is 0 Å². The van der Waals surface area contributed by atoms with E-state index in [2.05, 4.69) is 16.0 Å². The lowest BCUT2D eigenvalue weighted by atomic mass is 10.0. The molecule has 0 saturated heterocycles. The molecule has 0 aliphatic carbocycles. The number of carboxylic acids is 1. The number of carbonyl (C=O) groups is 4. The molecule has 0 saturated carbocycles. The van der Waals surface area contributed by atoms with Gasteiger partial charge in [0.05, 0.1) is 12.6 Å². The minimum atomic E-state index is -1.19. The molecular formula is C20H31N5O5. The number of rotatable bonds is 13. The van der Waals surface area contributed by atoms with E-state index in [0.717, 1.165) is 5.56 Å². The first-order valence-electron chi connectivity index (χ1n) is 9.84. The van der Waals surface area contributed by atoms with Crippen molar-refractivity contribution < 1.29 is 24.3 Å². The fourth-order valence-electron chi connectivity index (χ4n) is 2.65. The first kappa shape index (κ1) is 25.1. The number of carboxylic acid groups (broad SMARTS) is 1. The molecule has 10 nitrogen and oxygen atoms in total. The Bertz CT molecular complexity index is 713. The Labute approximate surface area is 175 Å². The fraction of sp³-hybridized carbons (Fsp3) is 0.500. The smallest absolute Gasteiger partial charge is 0.325 e. The highest BCUT2D eigenvalue weighted by atomic mass is 16.4. The predicted octanol–water partition coefficient (Wildman–Crippen LogP) is -1.12. The molecule has 0 fully saturated rings. The van der Waals surface area contributed by atoms with Crippen molar-refractivity contribution >= 4 is 23.7 Å². The van der Waals surface area contributed by atoms with Crippen molar-refractivity contribution in [3.05, 3.63) is 35.9 Å². The van der Waals surface area contributed by atoms with Crippen molar-refractivity contribution in [3.63, 3.8) is 0 Å². The first-order valence-corrected chi connectivity index (χ1v) is 9.84. The summed E-state index contributed by atoms with van der Waals surface area (Å²) in [4.78, 5) is 47.5. The number of hydrogen-bond acceptors (Lipinski definition) is 6. The summed E-state index contributed by atoms with van der Waals surface area (Å²) in [6, 6.07) is 6.47.